The van der Waals surface area contributed by atoms with Gasteiger partial charge in [0, 0.05) is 34.3 Å². The second-order valence-corrected chi connectivity index (χ2v) is 8.43. The van der Waals surface area contributed by atoms with Crippen molar-refractivity contribution in [1.29, 1.82) is 0 Å². The van der Waals surface area contributed by atoms with Crippen LogP contribution in [0.2, 0.25) is 5.02 Å². The Balaban J connectivity index is 1.66. The van der Waals surface area contributed by atoms with Gasteiger partial charge in [0.1, 0.15) is 6.20 Å². The fourth-order valence-corrected chi connectivity index (χ4v) is 3.93. The van der Waals surface area contributed by atoms with Crippen molar-refractivity contribution >= 4 is 40.1 Å². The molecule has 0 aliphatic heterocycles. The van der Waals surface area contributed by atoms with Crippen molar-refractivity contribution in [2.24, 2.45) is 5.10 Å². The van der Waals surface area contributed by atoms with E-state index < -0.39 is 21.1 Å². The Morgan fingerprint density at radius 1 is 0.949 bits per heavy atom. The summed E-state index contributed by atoms with van der Waals surface area (Å²) in [4.78, 5) is 43.3. The van der Waals surface area contributed by atoms with Crippen LogP contribution in [0.25, 0.3) is 22.3 Å². The highest BCUT2D eigenvalue weighted by molar-refractivity contribution is 6.31. The minimum absolute atomic E-state index is 0.0134. The van der Waals surface area contributed by atoms with E-state index in [1.807, 2.05) is 6.07 Å². The number of nitro groups is 2. The van der Waals surface area contributed by atoms with Gasteiger partial charge in [-0.25, -0.2) is 9.97 Å². The standard InChI is InChI=1S/C26H15ClN6O6/c27-18-12-17(24(22(13-18)33(37)38)39-23-11-10-19(15-28-23)32(35)36)14-29-31-25(16-6-2-1-3-7-16)30-21-9-5-4-8-20(21)26(31)34/h1-15H. The minimum atomic E-state index is -0.705. The summed E-state index contributed by atoms with van der Waals surface area (Å²) >= 11 is 6.15. The molecule has 0 aliphatic carbocycles. The Bertz CT molecular complexity index is 1820. The first-order valence-corrected chi connectivity index (χ1v) is 11.6. The van der Waals surface area contributed by atoms with E-state index in [0.717, 1.165) is 23.0 Å². The van der Waals surface area contributed by atoms with Gasteiger partial charge < -0.3 is 4.74 Å². The lowest BCUT2D eigenvalue weighted by molar-refractivity contribution is -0.385. The van der Waals surface area contributed by atoms with Crippen LogP contribution in [0, 0.1) is 20.2 Å². The second-order valence-electron chi connectivity index (χ2n) is 7.99. The van der Waals surface area contributed by atoms with E-state index >= 15 is 0 Å². The van der Waals surface area contributed by atoms with Crippen molar-refractivity contribution in [3.63, 3.8) is 0 Å². The number of hydrogen-bond acceptors (Lipinski definition) is 9. The number of ether oxygens (including phenoxy) is 1. The number of halogens is 1. The molecule has 0 N–H and O–H groups in total. The SMILES string of the molecule is O=c1c2ccccc2nc(-c2ccccc2)n1N=Cc1cc(Cl)cc([N+](=O)[O-])c1Oc1ccc([N+](=O)[O-])cn1. The molecular weight excluding hydrogens is 528 g/mol. The maximum absolute atomic E-state index is 13.4. The van der Waals surface area contributed by atoms with E-state index in [1.165, 1.54) is 18.3 Å². The number of para-hydroxylation sites is 1. The van der Waals surface area contributed by atoms with Crippen LogP contribution in [0.5, 0.6) is 11.6 Å². The molecule has 12 nitrogen and oxygen atoms in total. The van der Waals surface area contributed by atoms with Crippen LogP contribution in [-0.4, -0.2) is 30.7 Å². The molecule has 5 rings (SSSR count). The molecule has 0 radical (unpaired) electrons. The highest BCUT2D eigenvalue weighted by Crippen LogP contribution is 2.36. The fourth-order valence-electron chi connectivity index (χ4n) is 3.71. The van der Waals surface area contributed by atoms with Crippen LogP contribution in [0.4, 0.5) is 11.4 Å². The minimum Gasteiger partial charge on any atom is -0.431 e. The molecule has 2 heterocycles. The van der Waals surface area contributed by atoms with Gasteiger partial charge in [-0.15, -0.1) is 0 Å². The quantitative estimate of drug-likeness (QED) is 0.146. The highest BCUT2D eigenvalue weighted by Gasteiger charge is 2.22. The normalized spacial score (nSPS) is 11.1. The molecule has 2 aromatic heterocycles. The van der Waals surface area contributed by atoms with E-state index in [-0.39, 0.29) is 33.7 Å². The average Bonchev–Trinajstić information content (AvgIpc) is 2.94. The first-order chi connectivity index (χ1) is 18.8. The summed E-state index contributed by atoms with van der Waals surface area (Å²) in [7, 11) is 0. The predicted octanol–water partition coefficient (Wildman–Crippen LogP) is 5.60. The van der Waals surface area contributed by atoms with Crippen molar-refractivity contribution in [2.45, 2.75) is 0 Å². The monoisotopic (exact) mass is 542 g/mol. The third-order valence-corrected chi connectivity index (χ3v) is 5.71. The van der Waals surface area contributed by atoms with Crippen LogP contribution < -0.4 is 10.3 Å². The van der Waals surface area contributed by atoms with E-state index in [1.54, 1.807) is 48.5 Å². The first kappa shape index (κ1) is 25.2. The molecule has 0 bridgehead atoms. The van der Waals surface area contributed by atoms with Crippen molar-refractivity contribution in [1.82, 2.24) is 14.6 Å². The topological polar surface area (TPSA) is 156 Å². The van der Waals surface area contributed by atoms with Gasteiger partial charge in [0.15, 0.2) is 5.82 Å². The summed E-state index contributed by atoms with van der Waals surface area (Å²) in [6.07, 6.45) is 2.14. The molecule has 192 valence electrons. The second kappa shape index (κ2) is 10.5. The van der Waals surface area contributed by atoms with E-state index in [2.05, 4.69) is 15.1 Å². The maximum atomic E-state index is 13.4. The van der Waals surface area contributed by atoms with Crippen LogP contribution >= 0.6 is 11.6 Å². The Morgan fingerprint density at radius 3 is 2.38 bits per heavy atom. The highest BCUT2D eigenvalue weighted by atomic mass is 35.5. The molecule has 0 fully saturated rings. The fraction of sp³-hybridized carbons (Fsp3) is 0. The Kier molecular flexibility index (Phi) is 6.76. The molecule has 0 aliphatic rings. The lowest BCUT2D eigenvalue weighted by Gasteiger charge is -2.11. The number of rotatable bonds is 7. The van der Waals surface area contributed by atoms with E-state index in [4.69, 9.17) is 16.3 Å². The van der Waals surface area contributed by atoms with Gasteiger partial charge in [-0.05, 0) is 18.2 Å². The van der Waals surface area contributed by atoms with Crippen molar-refractivity contribution in [2.75, 3.05) is 0 Å². The van der Waals surface area contributed by atoms with Gasteiger partial charge in [0.2, 0.25) is 11.6 Å². The number of aromatic nitrogens is 3. The van der Waals surface area contributed by atoms with Gasteiger partial charge in [0.05, 0.1) is 27.0 Å². The number of hydrogen-bond donors (Lipinski definition) is 0. The molecule has 0 atom stereocenters. The number of nitrogens with zero attached hydrogens (tertiary/aromatic N) is 6. The Hall–Kier alpha value is -5.49. The first-order valence-electron chi connectivity index (χ1n) is 11.2. The maximum Gasteiger partial charge on any atom is 0.313 e. The molecule has 39 heavy (non-hydrogen) atoms. The number of pyridine rings is 1. The van der Waals surface area contributed by atoms with Gasteiger partial charge in [-0.1, -0.05) is 54.1 Å². The summed E-state index contributed by atoms with van der Waals surface area (Å²) < 4.78 is 6.75. The van der Waals surface area contributed by atoms with Crippen molar-refractivity contribution in [3.8, 4) is 23.0 Å². The molecule has 0 amide bonds. The number of fused-ring (bicyclic) bond motifs is 1. The van der Waals surface area contributed by atoms with Gasteiger partial charge >= 0.3 is 5.69 Å². The molecule has 0 spiro atoms. The van der Waals surface area contributed by atoms with Crippen LogP contribution in [0.1, 0.15) is 5.56 Å². The summed E-state index contributed by atoms with van der Waals surface area (Å²) in [5.74, 6) is -0.181. The smallest absolute Gasteiger partial charge is 0.313 e. The summed E-state index contributed by atoms with van der Waals surface area (Å²) in [6, 6.07) is 20.5. The lowest BCUT2D eigenvalue weighted by Crippen LogP contribution is -2.20. The Morgan fingerprint density at radius 2 is 1.69 bits per heavy atom. The molecule has 3 aromatic carbocycles. The molecular formula is C26H15ClN6O6. The van der Waals surface area contributed by atoms with Crippen molar-refractivity contribution in [3.05, 3.63) is 126 Å². The lowest BCUT2D eigenvalue weighted by atomic mass is 10.2. The van der Waals surface area contributed by atoms with Crippen molar-refractivity contribution < 1.29 is 14.6 Å². The number of benzene rings is 3. The van der Waals surface area contributed by atoms with E-state index in [0.29, 0.717) is 16.5 Å². The molecule has 0 saturated carbocycles. The summed E-state index contributed by atoms with van der Waals surface area (Å²) in [5.41, 5.74) is -0.122. The van der Waals surface area contributed by atoms with Gasteiger partial charge in [0.25, 0.3) is 11.2 Å². The van der Waals surface area contributed by atoms with Crippen LogP contribution in [0.3, 0.4) is 0 Å². The molecule has 13 heteroatoms. The van der Waals surface area contributed by atoms with Gasteiger partial charge in [-0.3, -0.25) is 25.0 Å². The predicted molar refractivity (Wildman–Crippen MR) is 144 cm³/mol. The zero-order valence-electron chi connectivity index (χ0n) is 19.7. The number of nitro benzene ring substituents is 1. The zero-order chi connectivity index (χ0) is 27.5. The van der Waals surface area contributed by atoms with Crippen LogP contribution in [-0.2, 0) is 0 Å². The third-order valence-electron chi connectivity index (χ3n) is 5.50. The summed E-state index contributed by atoms with van der Waals surface area (Å²) in [6.45, 7) is 0. The van der Waals surface area contributed by atoms with Crippen LogP contribution in [0.15, 0.2) is 95.0 Å². The molecule has 0 unspecified atom stereocenters. The summed E-state index contributed by atoms with van der Waals surface area (Å²) in [5, 5.41) is 27.4. The third kappa shape index (κ3) is 5.17. The van der Waals surface area contributed by atoms with Gasteiger partial charge in [-0.2, -0.15) is 9.78 Å². The Labute approximate surface area is 223 Å². The van der Waals surface area contributed by atoms with E-state index in [9.17, 15) is 25.0 Å². The molecule has 0 saturated heterocycles. The largest absolute Gasteiger partial charge is 0.431 e. The zero-order valence-corrected chi connectivity index (χ0v) is 20.4. The average molecular weight is 543 g/mol. The molecule has 5 aromatic rings.